The number of nitrogens with one attached hydrogen (secondary N) is 1. The quantitative estimate of drug-likeness (QED) is 0.839. The van der Waals surface area contributed by atoms with Crippen molar-refractivity contribution in [2.24, 2.45) is 5.41 Å². The molecule has 1 saturated heterocycles. The molecule has 1 aliphatic rings. The summed E-state index contributed by atoms with van der Waals surface area (Å²) >= 11 is 0. The molecule has 4 nitrogen and oxygen atoms in total. The summed E-state index contributed by atoms with van der Waals surface area (Å²) in [5, 5.41) is 2.59. The molecule has 21 heavy (non-hydrogen) atoms. The van der Waals surface area contributed by atoms with Gasteiger partial charge in [-0.25, -0.2) is 4.39 Å². The van der Waals surface area contributed by atoms with Crippen LogP contribution in [0.3, 0.4) is 0 Å². The van der Waals surface area contributed by atoms with Gasteiger partial charge in [0.15, 0.2) is 0 Å². The smallest absolute Gasteiger partial charge is 0.225 e. The topological polar surface area (TPSA) is 58.4 Å². The summed E-state index contributed by atoms with van der Waals surface area (Å²) in [6, 6.07) is 4.18. The minimum absolute atomic E-state index is 0.152. The SMILES string of the molecule is CC1(C)CCCN(CCC(=O)Nc2cc(N)ccc2F)C1. The van der Waals surface area contributed by atoms with Gasteiger partial charge in [0.2, 0.25) is 5.91 Å². The number of likely N-dealkylation sites (tertiary alicyclic amines) is 1. The van der Waals surface area contributed by atoms with Crippen LogP contribution in [-0.4, -0.2) is 30.4 Å². The molecule has 0 bridgehead atoms. The van der Waals surface area contributed by atoms with Gasteiger partial charge in [0, 0.05) is 25.2 Å². The van der Waals surface area contributed by atoms with Gasteiger partial charge in [0.1, 0.15) is 5.82 Å². The molecule has 1 aromatic rings. The van der Waals surface area contributed by atoms with E-state index in [2.05, 4.69) is 24.1 Å². The largest absolute Gasteiger partial charge is 0.399 e. The summed E-state index contributed by atoms with van der Waals surface area (Å²) in [6.45, 7) is 7.25. The fourth-order valence-corrected chi connectivity index (χ4v) is 2.85. The Morgan fingerprint density at radius 3 is 2.95 bits per heavy atom. The number of piperidine rings is 1. The third kappa shape index (κ3) is 4.70. The zero-order valence-corrected chi connectivity index (χ0v) is 12.8. The number of halogens is 1. The van der Waals surface area contributed by atoms with Crippen LogP contribution < -0.4 is 11.1 Å². The highest BCUT2D eigenvalue weighted by atomic mass is 19.1. The fourth-order valence-electron chi connectivity index (χ4n) is 2.85. The Morgan fingerprint density at radius 1 is 1.48 bits per heavy atom. The molecule has 0 spiro atoms. The van der Waals surface area contributed by atoms with E-state index < -0.39 is 5.82 Å². The van der Waals surface area contributed by atoms with Crippen LogP contribution in [0.4, 0.5) is 15.8 Å². The van der Waals surface area contributed by atoms with E-state index in [1.807, 2.05) is 0 Å². The van der Waals surface area contributed by atoms with Crippen molar-refractivity contribution in [2.45, 2.75) is 33.1 Å². The first-order valence-corrected chi connectivity index (χ1v) is 7.43. The second-order valence-electron chi connectivity index (χ2n) is 6.58. The van der Waals surface area contributed by atoms with E-state index in [-0.39, 0.29) is 11.6 Å². The predicted octanol–water partition coefficient (Wildman–Crippen LogP) is 2.86. The molecule has 0 radical (unpaired) electrons. The monoisotopic (exact) mass is 293 g/mol. The van der Waals surface area contributed by atoms with Crippen molar-refractivity contribution in [1.82, 2.24) is 4.90 Å². The Bertz CT molecular complexity index is 516. The first-order valence-electron chi connectivity index (χ1n) is 7.43. The second kappa shape index (κ2) is 6.43. The summed E-state index contributed by atoms with van der Waals surface area (Å²) < 4.78 is 13.5. The van der Waals surface area contributed by atoms with E-state index in [1.54, 1.807) is 0 Å². The molecular formula is C16H24FN3O. The second-order valence-corrected chi connectivity index (χ2v) is 6.58. The van der Waals surface area contributed by atoms with E-state index in [4.69, 9.17) is 5.73 Å². The highest BCUT2D eigenvalue weighted by Crippen LogP contribution is 2.28. The number of carbonyl (C=O) groups excluding carboxylic acids is 1. The van der Waals surface area contributed by atoms with Crippen LogP contribution in [0.25, 0.3) is 0 Å². The lowest BCUT2D eigenvalue weighted by molar-refractivity contribution is -0.116. The van der Waals surface area contributed by atoms with E-state index in [9.17, 15) is 9.18 Å². The third-order valence-corrected chi connectivity index (χ3v) is 3.90. The van der Waals surface area contributed by atoms with Gasteiger partial charge in [0.05, 0.1) is 5.69 Å². The van der Waals surface area contributed by atoms with E-state index in [1.165, 1.54) is 31.0 Å². The predicted molar refractivity (Wildman–Crippen MR) is 83.5 cm³/mol. The maximum absolute atomic E-state index is 13.5. The maximum atomic E-state index is 13.5. The minimum Gasteiger partial charge on any atom is -0.399 e. The standard InChI is InChI=1S/C16H24FN3O/c1-16(2)7-3-8-20(11-16)9-6-15(21)19-14-10-12(18)4-5-13(14)17/h4-5,10H,3,6-9,11,18H2,1-2H3,(H,19,21). The number of hydrogen-bond donors (Lipinski definition) is 2. The van der Waals surface area contributed by atoms with Crippen LogP contribution in [0.15, 0.2) is 18.2 Å². The lowest BCUT2D eigenvalue weighted by atomic mass is 9.84. The summed E-state index contributed by atoms with van der Waals surface area (Å²) in [5.41, 5.74) is 6.50. The molecule has 1 amide bonds. The number of benzene rings is 1. The van der Waals surface area contributed by atoms with E-state index >= 15 is 0 Å². The number of nitrogen functional groups attached to an aromatic ring is 1. The third-order valence-electron chi connectivity index (χ3n) is 3.90. The molecule has 1 heterocycles. The summed E-state index contributed by atoms with van der Waals surface area (Å²) in [7, 11) is 0. The molecular weight excluding hydrogens is 269 g/mol. The summed E-state index contributed by atoms with van der Waals surface area (Å²) in [5.74, 6) is -0.639. The average molecular weight is 293 g/mol. The highest BCUT2D eigenvalue weighted by molar-refractivity contribution is 5.91. The number of rotatable bonds is 4. The molecule has 0 unspecified atom stereocenters. The van der Waals surface area contributed by atoms with Crippen LogP contribution in [0, 0.1) is 11.2 Å². The maximum Gasteiger partial charge on any atom is 0.225 e. The van der Waals surface area contributed by atoms with E-state index in [0.29, 0.717) is 24.1 Å². The molecule has 2 rings (SSSR count). The number of nitrogens with zero attached hydrogens (tertiary/aromatic N) is 1. The molecule has 1 aromatic carbocycles. The van der Waals surface area contributed by atoms with Crippen LogP contribution in [0.1, 0.15) is 33.1 Å². The van der Waals surface area contributed by atoms with Gasteiger partial charge in [-0.05, 0) is 43.0 Å². The Morgan fingerprint density at radius 2 is 2.24 bits per heavy atom. The number of hydrogen-bond acceptors (Lipinski definition) is 3. The van der Waals surface area contributed by atoms with Crippen molar-refractivity contribution in [2.75, 3.05) is 30.7 Å². The minimum atomic E-state index is -0.461. The van der Waals surface area contributed by atoms with Crippen molar-refractivity contribution in [1.29, 1.82) is 0 Å². The molecule has 1 fully saturated rings. The van der Waals surface area contributed by atoms with Gasteiger partial charge < -0.3 is 16.0 Å². The molecule has 5 heteroatoms. The lowest BCUT2D eigenvalue weighted by Gasteiger charge is -2.37. The number of carbonyl (C=O) groups is 1. The van der Waals surface area contributed by atoms with Crippen molar-refractivity contribution in [3.63, 3.8) is 0 Å². The number of nitrogens with two attached hydrogens (primary N) is 1. The van der Waals surface area contributed by atoms with Crippen LogP contribution in [0.2, 0.25) is 0 Å². The van der Waals surface area contributed by atoms with Crippen molar-refractivity contribution in [3.05, 3.63) is 24.0 Å². The molecule has 116 valence electrons. The number of amides is 1. The average Bonchev–Trinajstić information content (AvgIpc) is 2.40. The Kier molecular flexibility index (Phi) is 4.83. The van der Waals surface area contributed by atoms with Gasteiger partial charge in [0.25, 0.3) is 0 Å². The van der Waals surface area contributed by atoms with Gasteiger partial charge >= 0.3 is 0 Å². The fraction of sp³-hybridized carbons (Fsp3) is 0.562. The zero-order chi connectivity index (χ0) is 15.5. The van der Waals surface area contributed by atoms with Crippen LogP contribution in [0.5, 0.6) is 0 Å². The Labute approximate surface area is 125 Å². The summed E-state index contributed by atoms with van der Waals surface area (Å²) in [6.07, 6.45) is 2.76. The number of anilines is 2. The van der Waals surface area contributed by atoms with Gasteiger partial charge in [-0.15, -0.1) is 0 Å². The van der Waals surface area contributed by atoms with Crippen molar-refractivity contribution >= 4 is 17.3 Å². The van der Waals surface area contributed by atoms with Gasteiger partial charge in [-0.2, -0.15) is 0 Å². The molecule has 0 aromatic heterocycles. The first kappa shape index (κ1) is 15.8. The van der Waals surface area contributed by atoms with Gasteiger partial charge in [-0.1, -0.05) is 13.8 Å². The van der Waals surface area contributed by atoms with E-state index in [0.717, 1.165) is 13.1 Å². The summed E-state index contributed by atoms with van der Waals surface area (Å²) in [4.78, 5) is 14.2. The van der Waals surface area contributed by atoms with Crippen molar-refractivity contribution in [3.8, 4) is 0 Å². The molecule has 3 N–H and O–H groups in total. The molecule has 0 saturated carbocycles. The first-order chi connectivity index (χ1) is 9.85. The zero-order valence-electron chi connectivity index (χ0n) is 12.8. The lowest BCUT2D eigenvalue weighted by Crippen LogP contribution is -2.41. The van der Waals surface area contributed by atoms with Crippen molar-refractivity contribution < 1.29 is 9.18 Å². The van der Waals surface area contributed by atoms with Gasteiger partial charge in [-0.3, -0.25) is 4.79 Å². The highest BCUT2D eigenvalue weighted by Gasteiger charge is 2.26. The molecule has 0 aliphatic carbocycles. The Balaban J connectivity index is 1.83. The normalized spacial score (nSPS) is 18.4. The molecule has 1 aliphatic heterocycles. The Hall–Kier alpha value is -1.62. The molecule has 0 atom stereocenters. The van der Waals surface area contributed by atoms with Crippen LogP contribution in [-0.2, 0) is 4.79 Å². The van der Waals surface area contributed by atoms with Crippen LogP contribution >= 0.6 is 0 Å².